The van der Waals surface area contributed by atoms with Crippen molar-refractivity contribution in [2.75, 3.05) is 7.05 Å². The van der Waals surface area contributed by atoms with Gasteiger partial charge in [0.15, 0.2) is 0 Å². The molecule has 20 heavy (non-hydrogen) atoms. The molecule has 0 aliphatic heterocycles. The van der Waals surface area contributed by atoms with Crippen molar-refractivity contribution >= 4 is 16.7 Å². The number of benzene rings is 2. The van der Waals surface area contributed by atoms with Crippen LogP contribution in [0.15, 0.2) is 60.9 Å². The van der Waals surface area contributed by atoms with Gasteiger partial charge in [-0.2, -0.15) is 0 Å². The Morgan fingerprint density at radius 2 is 1.85 bits per heavy atom. The lowest BCUT2D eigenvalue weighted by Gasteiger charge is -2.07. The van der Waals surface area contributed by atoms with Crippen molar-refractivity contribution in [3.05, 3.63) is 66.5 Å². The monoisotopic (exact) mass is 262 g/mol. The second-order valence-electron chi connectivity index (χ2n) is 4.56. The van der Waals surface area contributed by atoms with Crippen molar-refractivity contribution in [1.82, 2.24) is 10.3 Å². The molecular weight excluding hydrogens is 248 g/mol. The summed E-state index contributed by atoms with van der Waals surface area (Å²) < 4.78 is 0. The molecule has 0 saturated carbocycles. The van der Waals surface area contributed by atoms with Crippen LogP contribution in [0.3, 0.4) is 0 Å². The van der Waals surface area contributed by atoms with Crippen molar-refractivity contribution in [3.8, 4) is 11.1 Å². The van der Waals surface area contributed by atoms with E-state index in [4.69, 9.17) is 0 Å². The fourth-order valence-electron chi connectivity index (χ4n) is 2.32. The third-order valence-corrected chi connectivity index (χ3v) is 3.37. The zero-order chi connectivity index (χ0) is 13.9. The zero-order valence-electron chi connectivity index (χ0n) is 11.1. The lowest BCUT2D eigenvalue weighted by Crippen LogP contribution is -2.17. The Morgan fingerprint density at radius 1 is 1.05 bits per heavy atom. The van der Waals surface area contributed by atoms with E-state index in [1.54, 1.807) is 13.2 Å². The summed E-state index contributed by atoms with van der Waals surface area (Å²) in [5, 5.41) is 4.90. The molecule has 0 radical (unpaired) electrons. The largest absolute Gasteiger partial charge is 0.355 e. The van der Waals surface area contributed by atoms with E-state index in [9.17, 15) is 4.79 Å². The Morgan fingerprint density at radius 3 is 2.60 bits per heavy atom. The highest BCUT2D eigenvalue weighted by Gasteiger charge is 2.06. The van der Waals surface area contributed by atoms with E-state index >= 15 is 0 Å². The molecule has 1 N–H and O–H groups in total. The first-order valence-electron chi connectivity index (χ1n) is 6.45. The molecule has 1 aromatic heterocycles. The van der Waals surface area contributed by atoms with E-state index in [0.717, 1.165) is 21.9 Å². The van der Waals surface area contributed by atoms with Crippen molar-refractivity contribution in [2.24, 2.45) is 0 Å². The zero-order valence-corrected chi connectivity index (χ0v) is 11.1. The van der Waals surface area contributed by atoms with E-state index in [-0.39, 0.29) is 5.91 Å². The topological polar surface area (TPSA) is 42.0 Å². The minimum atomic E-state index is -0.0707. The highest BCUT2D eigenvalue weighted by molar-refractivity contribution is 5.98. The van der Waals surface area contributed by atoms with Crippen LogP contribution >= 0.6 is 0 Å². The van der Waals surface area contributed by atoms with Gasteiger partial charge in [-0.3, -0.25) is 9.78 Å². The molecule has 3 heteroatoms. The molecule has 0 fully saturated rings. The van der Waals surface area contributed by atoms with Gasteiger partial charge in [-0.05, 0) is 34.7 Å². The van der Waals surface area contributed by atoms with Crippen LogP contribution in [0.5, 0.6) is 0 Å². The first kappa shape index (κ1) is 12.4. The molecule has 3 nitrogen and oxygen atoms in total. The summed E-state index contributed by atoms with van der Waals surface area (Å²) in [6.45, 7) is 0. The summed E-state index contributed by atoms with van der Waals surface area (Å²) >= 11 is 0. The number of carbonyl (C=O) groups is 1. The van der Waals surface area contributed by atoms with Gasteiger partial charge < -0.3 is 5.32 Å². The average molecular weight is 262 g/mol. The molecular formula is C17H14N2O. The highest BCUT2D eigenvalue weighted by atomic mass is 16.1. The van der Waals surface area contributed by atoms with E-state index in [2.05, 4.69) is 16.4 Å². The second kappa shape index (κ2) is 5.13. The van der Waals surface area contributed by atoms with Crippen molar-refractivity contribution in [2.45, 2.75) is 0 Å². The van der Waals surface area contributed by atoms with Crippen LogP contribution in [0.2, 0.25) is 0 Å². The lowest BCUT2D eigenvalue weighted by atomic mass is 9.98. The van der Waals surface area contributed by atoms with Gasteiger partial charge in [0, 0.05) is 30.4 Å². The maximum absolute atomic E-state index is 11.6. The Hall–Kier alpha value is -2.68. The van der Waals surface area contributed by atoms with Crippen LogP contribution < -0.4 is 5.32 Å². The van der Waals surface area contributed by atoms with Crippen LogP contribution in [0.4, 0.5) is 0 Å². The Bertz CT molecular complexity index is 758. The van der Waals surface area contributed by atoms with Gasteiger partial charge in [0.1, 0.15) is 0 Å². The molecule has 1 amide bonds. The van der Waals surface area contributed by atoms with Gasteiger partial charge in [-0.1, -0.05) is 30.3 Å². The number of carbonyl (C=O) groups excluding carboxylic acids is 1. The summed E-state index contributed by atoms with van der Waals surface area (Å²) in [4.78, 5) is 15.7. The normalized spacial score (nSPS) is 10.4. The van der Waals surface area contributed by atoms with Crippen LogP contribution in [-0.4, -0.2) is 17.9 Å². The molecule has 2 aromatic carbocycles. The van der Waals surface area contributed by atoms with Crippen molar-refractivity contribution in [3.63, 3.8) is 0 Å². The second-order valence-corrected chi connectivity index (χ2v) is 4.56. The molecule has 0 saturated heterocycles. The molecule has 0 aliphatic rings. The summed E-state index contributed by atoms with van der Waals surface area (Å²) in [5.41, 5.74) is 2.90. The van der Waals surface area contributed by atoms with Crippen LogP contribution in [0.25, 0.3) is 21.9 Å². The molecule has 3 rings (SSSR count). The molecule has 0 unspecified atom stereocenters. The minimum absolute atomic E-state index is 0.0707. The number of rotatable bonds is 2. The first-order chi connectivity index (χ1) is 9.79. The Kier molecular flexibility index (Phi) is 3.17. The van der Waals surface area contributed by atoms with E-state index in [0.29, 0.717) is 5.56 Å². The van der Waals surface area contributed by atoms with E-state index in [1.807, 2.05) is 48.7 Å². The number of nitrogens with one attached hydrogen (secondary N) is 1. The summed E-state index contributed by atoms with van der Waals surface area (Å²) in [6.07, 6.45) is 3.66. The number of aromatic nitrogens is 1. The fraction of sp³-hybridized carbons (Fsp3) is 0.0588. The fourth-order valence-corrected chi connectivity index (χ4v) is 2.32. The number of amides is 1. The summed E-state index contributed by atoms with van der Waals surface area (Å²) in [6, 6.07) is 15.8. The number of nitrogens with zero attached hydrogens (tertiary/aromatic N) is 1. The van der Waals surface area contributed by atoms with Gasteiger partial charge >= 0.3 is 0 Å². The Balaban J connectivity index is 2.09. The molecule has 0 atom stereocenters. The molecule has 0 spiro atoms. The lowest BCUT2D eigenvalue weighted by molar-refractivity contribution is 0.0963. The predicted octanol–water partition coefficient (Wildman–Crippen LogP) is 3.26. The van der Waals surface area contributed by atoms with Gasteiger partial charge in [0.05, 0.1) is 0 Å². The molecule has 98 valence electrons. The molecule has 0 aliphatic carbocycles. The molecule has 1 heterocycles. The van der Waals surface area contributed by atoms with Crippen molar-refractivity contribution in [1.29, 1.82) is 0 Å². The summed E-state index contributed by atoms with van der Waals surface area (Å²) in [5.74, 6) is -0.0707. The van der Waals surface area contributed by atoms with Crippen LogP contribution in [0, 0.1) is 0 Å². The quantitative estimate of drug-likeness (QED) is 0.770. The standard InChI is InChI=1S/C17H14N2O/c1-18-17(20)13-7-5-12(6-8-13)15-4-2-3-14-11-19-10-9-16(14)15/h2-11H,1H3,(H,18,20). The third kappa shape index (κ3) is 2.14. The van der Waals surface area contributed by atoms with Crippen LogP contribution in [-0.2, 0) is 0 Å². The smallest absolute Gasteiger partial charge is 0.251 e. The number of fused-ring (bicyclic) bond motifs is 1. The van der Waals surface area contributed by atoms with E-state index < -0.39 is 0 Å². The average Bonchev–Trinajstić information content (AvgIpc) is 2.54. The molecule has 3 aromatic rings. The van der Waals surface area contributed by atoms with Gasteiger partial charge in [-0.25, -0.2) is 0 Å². The summed E-state index contributed by atoms with van der Waals surface area (Å²) in [7, 11) is 1.63. The SMILES string of the molecule is CNC(=O)c1ccc(-c2cccc3cnccc23)cc1. The number of hydrogen-bond acceptors (Lipinski definition) is 2. The van der Waals surface area contributed by atoms with Crippen LogP contribution in [0.1, 0.15) is 10.4 Å². The predicted molar refractivity (Wildman–Crippen MR) is 80.6 cm³/mol. The maximum Gasteiger partial charge on any atom is 0.251 e. The van der Waals surface area contributed by atoms with Gasteiger partial charge in [0.25, 0.3) is 5.91 Å². The number of hydrogen-bond donors (Lipinski definition) is 1. The van der Waals surface area contributed by atoms with Gasteiger partial charge in [-0.15, -0.1) is 0 Å². The van der Waals surface area contributed by atoms with Crippen molar-refractivity contribution < 1.29 is 4.79 Å². The highest BCUT2D eigenvalue weighted by Crippen LogP contribution is 2.28. The number of pyridine rings is 1. The van der Waals surface area contributed by atoms with Gasteiger partial charge in [0.2, 0.25) is 0 Å². The Labute approximate surface area is 117 Å². The first-order valence-corrected chi connectivity index (χ1v) is 6.45. The molecule has 0 bridgehead atoms. The van der Waals surface area contributed by atoms with E-state index in [1.165, 1.54) is 0 Å². The minimum Gasteiger partial charge on any atom is -0.355 e. The maximum atomic E-state index is 11.6. The third-order valence-electron chi connectivity index (χ3n) is 3.37.